The van der Waals surface area contributed by atoms with Gasteiger partial charge in [-0.25, -0.2) is 0 Å². The molecule has 9 heteroatoms. The number of aliphatic hydroxyl groups excluding tert-OH is 1. The Hall–Kier alpha value is -3.17. The van der Waals surface area contributed by atoms with Gasteiger partial charge in [-0.2, -0.15) is 0 Å². The summed E-state index contributed by atoms with van der Waals surface area (Å²) in [6.45, 7) is 16.3. The molecule has 4 heterocycles. The largest absolute Gasteiger partial charge is 0.494 e. The minimum absolute atomic E-state index is 0.0274. The van der Waals surface area contributed by atoms with Crippen molar-refractivity contribution < 1.29 is 29.0 Å². The summed E-state index contributed by atoms with van der Waals surface area (Å²) in [5.74, 6) is -1.48. The van der Waals surface area contributed by atoms with Crippen LogP contribution in [0.5, 0.6) is 5.75 Å². The zero-order chi connectivity index (χ0) is 33.5. The van der Waals surface area contributed by atoms with E-state index in [2.05, 4.69) is 34.6 Å². The van der Waals surface area contributed by atoms with Gasteiger partial charge in [0.15, 0.2) is 0 Å². The first-order valence-corrected chi connectivity index (χ1v) is 17.1. The Morgan fingerprint density at radius 2 is 1.59 bits per heavy atom. The summed E-state index contributed by atoms with van der Waals surface area (Å²) in [6.07, 6.45) is 11.1. The Balaban J connectivity index is 1.59. The number of benzene rings is 1. The number of fused-ring (bicyclic) bond motifs is 2. The fourth-order valence-corrected chi connectivity index (χ4v) is 8.63. The van der Waals surface area contributed by atoms with Crippen molar-refractivity contribution in [3.63, 3.8) is 0 Å². The predicted molar refractivity (Wildman–Crippen MR) is 178 cm³/mol. The lowest BCUT2D eigenvalue weighted by atomic mass is 9.72. The van der Waals surface area contributed by atoms with Crippen molar-refractivity contribution in [2.24, 2.45) is 17.3 Å². The highest BCUT2D eigenvalue weighted by molar-refractivity contribution is 6.04. The number of nitrogens with zero attached hydrogens (tertiary/aromatic N) is 3. The van der Waals surface area contributed by atoms with Gasteiger partial charge in [0.25, 0.3) is 0 Å². The van der Waals surface area contributed by atoms with Crippen LogP contribution >= 0.6 is 0 Å². The fraction of sp³-hybridized carbons (Fsp3) is 0.649. The maximum atomic E-state index is 14.9. The molecule has 5 rings (SSSR count). The van der Waals surface area contributed by atoms with E-state index in [-0.39, 0.29) is 29.7 Å². The SMILES string of the molecule is CCOc1ccc(N2CC=C[C@]3(CC)O[C@]45C=CCN(C(C)(C)CC(C)(C)C)C(=O)C4N(CCCCCO)C(=O)[C@@H]5[C@@H]3C2=O)cc1. The Bertz CT molecular complexity index is 1360. The zero-order valence-electron chi connectivity index (χ0n) is 28.8. The monoisotopic (exact) mass is 635 g/mol. The maximum Gasteiger partial charge on any atom is 0.249 e. The van der Waals surface area contributed by atoms with Gasteiger partial charge in [-0.15, -0.1) is 0 Å². The quantitative estimate of drug-likeness (QED) is 0.268. The maximum absolute atomic E-state index is 14.9. The third-order valence-electron chi connectivity index (χ3n) is 10.1. The second-order valence-electron chi connectivity index (χ2n) is 15.1. The third-order valence-corrected chi connectivity index (χ3v) is 10.1. The number of ether oxygens (including phenoxy) is 2. The van der Waals surface area contributed by atoms with Gasteiger partial charge < -0.3 is 29.3 Å². The van der Waals surface area contributed by atoms with E-state index in [1.54, 1.807) is 9.80 Å². The molecular weight excluding hydrogens is 582 g/mol. The molecule has 2 fully saturated rings. The molecule has 1 unspecified atom stereocenters. The summed E-state index contributed by atoms with van der Waals surface area (Å²) in [5, 5.41) is 9.40. The number of rotatable bonds is 11. The Morgan fingerprint density at radius 3 is 2.22 bits per heavy atom. The fourth-order valence-electron chi connectivity index (χ4n) is 8.63. The molecule has 0 saturated carbocycles. The van der Waals surface area contributed by atoms with Gasteiger partial charge in [0, 0.05) is 37.5 Å². The first-order valence-electron chi connectivity index (χ1n) is 17.1. The summed E-state index contributed by atoms with van der Waals surface area (Å²) in [6, 6.07) is 6.56. The van der Waals surface area contributed by atoms with E-state index >= 15 is 0 Å². The van der Waals surface area contributed by atoms with Crippen molar-refractivity contribution in [1.29, 1.82) is 0 Å². The van der Waals surface area contributed by atoms with Gasteiger partial charge >= 0.3 is 0 Å². The Morgan fingerprint density at radius 1 is 0.891 bits per heavy atom. The van der Waals surface area contributed by atoms with Crippen molar-refractivity contribution in [2.75, 3.05) is 37.7 Å². The van der Waals surface area contributed by atoms with Crippen LogP contribution in [0.3, 0.4) is 0 Å². The highest BCUT2D eigenvalue weighted by atomic mass is 16.5. The number of aliphatic hydroxyl groups is 1. The molecule has 46 heavy (non-hydrogen) atoms. The molecule has 4 aliphatic rings. The number of hydrogen-bond donors (Lipinski definition) is 1. The molecule has 3 amide bonds. The van der Waals surface area contributed by atoms with E-state index in [9.17, 15) is 19.5 Å². The van der Waals surface area contributed by atoms with Gasteiger partial charge in [0.2, 0.25) is 17.7 Å². The lowest BCUT2D eigenvalue weighted by Crippen LogP contribution is -2.60. The zero-order valence-corrected chi connectivity index (χ0v) is 28.8. The molecular formula is C37H53N3O6. The molecule has 0 aromatic heterocycles. The van der Waals surface area contributed by atoms with E-state index in [4.69, 9.17) is 9.47 Å². The second kappa shape index (κ2) is 12.8. The first kappa shape index (κ1) is 34.2. The minimum Gasteiger partial charge on any atom is -0.494 e. The second-order valence-corrected chi connectivity index (χ2v) is 15.1. The number of anilines is 1. The molecule has 1 aromatic carbocycles. The molecule has 252 valence electrons. The number of likely N-dealkylation sites (tertiary alicyclic amines) is 1. The summed E-state index contributed by atoms with van der Waals surface area (Å²) >= 11 is 0. The van der Waals surface area contributed by atoms with E-state index in [1.807, 2.05) is 67.3 Å². The first-order chi connectivity index (χ1) is 21.7. The molecule has 4 aliphatic heterocycles. The summed E-state index contributed by atoms with van der Waals surface area (Å²) in [5.41, 5.74) is -2.13. The van der Waals surface area contributed by atoms with Crippen LogP contribution < -0.4 is 9.64 Å². The molecule has 9 nitrogen and oxygen atoms in total. The van der Waals surface area contributed by atoms with Crippen LogP contribution in [0.25, 0.3) is 0 Å². The summed E-state index contributed by atoms with van der Waals surface area (Å²) < 4.78 is 12.8. The van der Waals surface area contributed by atoms with Crippen molar-refractivity contribution >= 4 is 23.4 Å². The van der Waals surface area contributed by atoms with E-state index in [0.29, 0.717) is 45.5 Å². The van der Waals surface area contributed by atoms with Crippen LogP contribution in [0.15, 0.2) is 48.6 Å². The Kier molecular flexibility index (Phi) is 9.50. The highest BCUT2D eigenvalue weighted by Gasteiger charge is 2.75. The number of unbranched alkanes of at least 4 members (excludes halogenated alkanes) is 2. The number of carbonyl (C=O) groups excluding carboxylic acids is 3. The predicted octanol–water partition coefficient (Wildman–Crippen LogP) is 5.12. The van der Waals surface area contributed by atoms with Gasteiger partial charge in [-0.3, -0.25) is 14.4 Å². The van der Waals surface area contributed by atoms with Crippen LogP contribution in [0.4, 0.5) is 5.69 Å². The summed E-state index contributed by atoms with van der Waals surface area (Å²) in [7, 11) is 0. The van der Waals surface area contributed by atoms with Gasteiger partial charge in [-0.05, 0) is 82.6 Å². The molecule has 1 N–H and O–H groups in total. The van der Waals surface area contributed by atoms with Gasteiger partial charge in [0.05, 0.1) is 24.0 Å². The number of amides is 3. The molecule has 5 atom stereocenters. The van der Waals surface area contributed by atoms with E-state index < -0.39 is 34.6 Å². The normalized spacial score (nSPS) is 29.5. The van der Waals surface area contributed by atoms with Crippen molar-refractivity contribution in [2.45, 2.75) is 103 Å². The third kappa shape index (κ3) is 5.89. The topological polar surface area (TPSA) is 99.6 Å². The van der Waals surface area contributed by atoms with Gasteiger partial charge in [-0.1, -0.05) is 52.0 Å². The molecule has 2 saturated heterocycles. The smallest absolute Gasteiger partial charge is 0.249 e. The minimum atomic E-state index is -1.29. The van der Waals surface area contributed by atoms with Gasteiger partial charge in [0.1, 0.15) is 17.4 Å². The number of carbonyl (C=O) groups is 3. The van der Waals surface area contributed by atoms with Crippen molar-refractivity contribution in [1.82, 2.24) is 9.80 Å². The molecule has 0 aliphatic carbocycles. The van der Waals surface area contributed by atoms with Crippen molar-refractivity contribution in [3.8, 4) is 5.75 Å². The average Bonchev–Trinajstić information content (AvgIpc) is 3.26. The van der Waals surface area contributed by atoms with Crippen LogP contribution in [0.2, 0.25) is 0 Å². The van der Waals surface area contributed by atoms with Crippen molar-refractivity contribution in [3.05, 3.63) is 48.6 Å². The van der Waals surface area contributed by atoms with E-state index in [1.165, 1.54) is 0 Å². The Labute approximate surface area is 274 Å². The molecule has 0 bridgehead atoms. The van der Waals surface area contributed by atoms with Crippen LogP contribution in [0.1, 0.15) is 80.6 Å². The molecule has 0 radical (unpaired) electrons. The average molecular weight is 636 g/mol. The number of hydrogen-bond acceptors (Lipinski definition) is 6. The lowest BCUT2D eigenvalue weighted by Gasteiger charge is -2.45. The van der Waals surface area contributed by atoms with Crippen LogP contribution in [-0.4, -0.2) is 88.3 Å². The lowest BCUT2D eigenvalue weighted by molar-refractivity contribution is -0.156. The van der Waals surface area contributed by atoms with E-state index in [0.717, 1.165) is 24.3 Å². The van der Waals surface area contributed by atoms with Crippen LogP contribution in [0, 0.1) is 17.3 Å². The molecule has 1 spiro atoms. The van der Waals surface area contributed by atoms with Crippen LogP contribution in [-0.2, 0) is 19.1 Å². The highest BCUT2D eigenvalue weighted by Crippen LogP contribution is 2.59. The standard InChI is InChI=1S/C37H53N3O6/c1-8-36-19-13-22-38(26-15-17-27(18-16-26)45-9-2)31(42)28(36)29-32(43)39(21-11-10-12-24-41)30-33(44)40(23-14-20-37(29,30)46-36)35(6,7)25-34(3,4)5/h13-20,28-30,41H,8-12,21-25H2,1-7H3/t28-,29+,30?,36+,37+/m1/s1. The molecule has 1 aromatic rings. The summed E-state index contributed by atoms with van der Waals surface area (Å²) in [4.78, 5) is 49.8.